The SMILES string of the molecule is COc1cccc(C(=O)Oc2cc(N)n(S(=O)(=O)c3ccc(F)cc3)n2)c1. The van der Waals surface area contributed by atoms with E-state index in [1.54, 1.807) is 12.1 Å². The van der Waals surface area contributed by atoms with E-state index >= 15 is 0 Å². The van der Waals surface area contributed by atoms with Crippen molar-refractivity contribution in [3.8, 4) is 11.6 Å². The molecule has 0 saturated heterocycles. The Morgan fingerprint density at radius 1 is 1.15 bits per heavy atom. The van der Waals surface area contributed by atoms with E-state index < -0.39 is 21.8 Å². The van der Waals surface area contributed by atoms with Gasteiger partial charge in [-0.2, -0.15) is 8.42 Å². The van der Waals surface area contributed by atoms with Gasteiger partial charge in [0.25, 0.3) is 10.0 Å². The molecule has 0 atom stereocenters. The third-order valence-electron chi connectivity index (χ3n) is 3.52. The number of hydrogen-bond acceptors (Lipinski definition) is 7. The van der Waals surface area contributed by atoms with Crippen LogP contribution in [0.15, 0.2) is 59.5 Å². The number of carbonyl (C=O) groups is 1. The van der Waals surface area contributed by atoms with Crippen molar-refractivity contribution in [1.29, 1.82) is 0 Å². The number of nitrogens with zero attached hydrogens (tertiary/aromatic N) is 2. The van der Waals surface area contributed by atoms with Gasteiger partial charge in [-0.3, -0.25) is 0 Å². The van der Waals surface area contributed by atoms with Crippen molar-refractivity contribution in [2.24, 2.45) is 0 Å². The fourth-order valence-corrected chi connectivity index (χ4v) is 3.41. The smallest absolute Gasteiger partial charge is 0.345 e. The summed E-state index contributed by atoms with van der Waals surface area (Å²) >= 11 is 0. The Morgan fingerprint density at radius 3 is 2.52 bits per heavy atom. The first-order chi connectivity index (χ1) is 12.8. The number of hydrogen-bond donors (Lipinski definition) is 1. The first kappa shape index (κ1) is 18.4. The zero-order valence-corrected chi connectivity index (χ0v) is 14.8. The topological polar surface area (TPSA) is 114 Å². The molecule has 27 heavy (non-hydrogen) atoms. The average Bonchev–Trinajstić information content (AvgIpc) is 3.03. The quantitative estimate of drug-likeness (QED) is 0.662. The normalized spacial score (nSPS) is 11.2. The Bertz CT molecular complexity index is 1090. The number of esters is 1. The van der Waals surface area contributed by atoms with Crippen molar-refractivity contribution >= 4 is 21.8 Å². The summed E-state index contributed by atoms with van der Waals surface area (Å²) in [5, 5.41) is 3.72. The molecule has 0 radical (unpaired) electrons. The van der Waals surface area contributed by atoms with E-state index in [2.05, 4.69) is 5.10 Å². The van der Waals surface area contributed by atoms with Crippen molar-refractivity contribution < 1.29 is 27.1 Å². The third-order valence-corrected chi connectivity index (χ3v) is 5.14. The molecule has 1 aromatic heterocycles. The summed E-state index contributed by atoms with van der Waals surface area (Å²) in [6, 6.07) is 11.5. The number of carbonyl (C=O) groups excluding carboxylic acids is 1. The number of nitrogens with two attached hydrogens (primary N) is 1. The molecule has 0 aliphatic rings. The first-order valence-electron chi connectivity index (χ1n) is 7.54. The molecule has 0 spiro atoms. The van der Waals surface area contributed by atoms with Gasteiger partial charge in [0.1, 0.15) is 17.4 Å². The van der Waals surface area contributed by atoms with Crippen LogP contribution in [0.1, 0.15) is 10.4 Å². The molecule has 0 amide bonds. The second-order valence-corrected chi connectivity index (χ2v) is 7.10. The van der Waals surface area contributed by atoms with E-state index in [1.165, 1.54) is 19.2 Å². The largest absolute Gasteiger partial charge is 0.497 e. The molecular formula is C17H14FN3O5S. The molecule has 2 aromatic carbocycles. The minimum Gasteiger partial charge on any atom is -0.497 e. The minimum absolute atomic E-state index is 0.184. The summed E-state index contributed by atoms with van der Waals surface area (Å²) in [6.45, 7) is 0. The van der Waals surface area contributed by atoms with Crippen molar-refractivity contribution in [3.63, 3.8) is 0 Å². The fourth-order valence-electron chi connectivity index (χ4n) is 2.21. The molecule has 0 aliphatic carbocycles. The number of rotatable bonds is 5. The first-order valence-corrected chi connectivity index (χ1v) is 8.98. The molecule has 8 nitrogen and oxygen atoms in total. The molecule has 140 valence electrons. The maximum absolute atomic E-state index is 13.0. The molecule has 0 aliphatic heterocycles. The minimum atomic E-state index is -4.17. The Balaban J connectivity index is 1.88. The van der Waals surface area contributed by atoms with Gasteiger partial charge in [0, 0.05) is 6.07 Å². The summed E-state index contributed by atoms with van der Waals surface area (Å²) < 4.78 is 48.7. The van der Waals surface area contributed by atoms with Gasteiger partial charge in [-0.15, -0.1) is 9.19 Å². The van der Waals surface area contributed by atoms with Gasteiger partial charge in [0.05, 0.1) is 17.6 Å². The Labute approximate surface area is 154 Å². The maximum atomic E-state index is 13.0. The molecule has 3 rings (SSSR count). The monoisotopic (exact) mass is 391 g/mol. The molecule has 1 heterocycles. The van der Waals surface area contributed by atoms with Gasteiger partial charge >= 0.3 is 5.97 Å². The van der Waals surface area contributed by atoms with E-state index in [0.717, 1.165) is 30.3 Å². The van der Waals surface area contributed by atoms with Gasteiger partial charge < -0.3 is 15.2 Å². The summed E-state index contributed by atoms with van der Waals surface area (Å²) in [4.78, 5) is 12.0. The number of methoxy groups -OCH3 is 1. The lowest BCUT2D eigenvalue weighted by Gasteiger charge is -2.06. The van der Waals surface area contributed by atoms with Crippen LogP contribution in [0.5, 0.6) is 11.6 Å². The molecule has 0 unspecified atom stereocenters. The number of anilines is 1. The van der Waals surface area contributed by atoms with Gasteiger partial charge in [-0.05, 0) is 42.5 Å². The predicted molar refractivity (Wildman–Crippen MR) is 93.6 cm³/mol. The van der Waals surface area contributed by atoms with E-state index in [0.29, 0.717) is 9.84 Å². The highest BCUT2D eigenvalue weighted by Gasteiger charge is 2.23. The highest BCUT2D eigenvalue weighted by molar-refractivity contribution is 7.90. The van der Waals surface area contributed by atoms with E-state index in [4.69, 9.17) is 15.2 Å². The number of benzene rings is 2. The van der Waals surface area contributed by atoms with Crippen LogP contribution >= 0.6 is 0 Å². The predicted octanol–water partition coefficient (Wildman–Crippen LogP) is 2.07. The highest BCUT2D eigenvalue weighted by atomic mass is 32.2. The van der Waals surface area contributed by atoms with Crippen LogP contribution in [0.2, 0.25) is 0 Å². The Kier molecular flexibility index (Phi) is 4.82. The van der Waals surface area contributed by atoms with Crippen molar-refractivity contribution in [3.05, 3.63) is 66.0 Å². The highest BCUT2D eigenvalue weighted by Crippen LogP contribution is 2.22. The van der Waals surface area contributed by atoms with Gasteiger partial charge in [-0.1, -0.05) is 6.07 Å². The zero-order chi connectivity index (χ0) is 19.6. The van der Waals surface area contributed by atoms with Crippen LogP contribution in [0, 0.1) is 5.82 Å². The lowest BCUT2D eigenvalue weighted by Crippen LogP contribution is -2.17. The van der Waals surface area contributed by atoms with Crippen molar-refractivity contribution in [1.82, 2.24) is 9.19 Å². The van der Waals surface area contributed by atoms with Crippen LogP contribution in [0.25, 0.3) is 0 Å². The number of ether oxygens (including phenoxy) is 2. The van der Waals surface area contributed by atoms with Crippen molar-refractivity contribution in [2.75, 3.05) is 12.8 Å². The van der Waals surface area contributed by atoms with Crippen LogP contribution < -0.4 is 15.2 Å². The molecule has 0 fully saturated rings. The number of aromatic nitrogens is 2. The number of nitrogen functional groups attached to an aromatic ring is 1. The van der Waals surface area contributed by atoms with Gasteiger partial charge in [0.15, 0.2) is 0 Å². The number of halogens is 1. The summed E-state index contributed by atoms with van der Waals surface area (Å²) in [5.74, 6) is -1.47. The van der Waals surface area contributed by atoms with E-state index in [1.807, 2.05) is 0 Å². The molecule has 2 N–H and O–H groups in total. The zero-order valence-electron chi connectivity index (χ0n) is 14.0. The Morgan fingerprint density at radius 2 is 1.85 bits per heavy atom. The summed E-state index contributed by atoms with van der Waals surface area (Å²) in [5.41, 5.74) is 5.87. The van der Waals surface area contributed by atoms with Gasteiger partial charge in [-0.25, -0.2) is 9.18 Å². The van der Waals surface area contributed by atoms with Crippen LogP contribution in [-0.4, -0.2) is 30.7 Å². The van der Waals surface area contributed by atoms with Crippen LogP contribution in [0.3, 0.4) is 0 Å². The van der Waals surface area contributed by atoms with Crippen LogP contribution in [0.4, 0.5) is 10.2 Å². The molecule has 0 saturated carbocycles. The second-order valence-electron chi connectivity index (χ2n) is 5.33. The lowest BCUT2D eigenvalue weighted by molar-refractivity contribution is 0.0726. The van der Waals surface area contributed by atoms with E-state index in [9.17, 15) is 17.6 Å². The molecule has 3 aromatic rings. The molecular weight excluding hydrogens is 377 g/mol. The van der Waals surface area contributed by atoms with Crippen molar-refractivity contribution in [2.45, 2.75) is 4.90 Å². The average molecular weight is 391 g/mol. The summed E-state index contributed by atoms with van der Waals surface area (Å²) in [6.07, 6.45) is 0. The van der Waals surface area contributed by atoms with Gasteiger partial charge in [0.2, 0.25) is 5.88 Å². The maximum Gasteiger partial charge on any atom is 0.345 e. The van der Waals surface area contributed by atoms with E-state index in [-0.39, 0.29) is 22.2 Å². The standard InChI is InChI=1S/C17H14FN3O5S/c1-25-13-4-2-3-11(9-13)17(22)26-16-10-15(19)21(20-16)27(23,24)14-7-5-12(18)6-8-14/h2-10H,19H2,1H3. The second kappa shape index (κ2) is 7.08. The lowest BCUT2D eigenvalue weighted by atomic mass is 10.2. The van der Waals surface area contributed by atoms with Crippen LogP contribution in [-0.2, 0) is 10.0 Å². The Hall–Kier alpha value is -3.40. The third kappa shape index (κ3) is 3.75. The summed E-state index contributed by atoms with van der Waals surface area (Å²) in [7, 11) is -2.72. The molecule has 0 bridgehead atoms. The fraction of sp³-hybridized carbons (Fsp3) is 0.0588. The molecule has 10 heteroatoms.